The zero-order valence-corrected chi connectivity index (χ0v) is 26.1. The Bertz CT molecular complexity index is 1790. The lowest BCUT2D eigenvalue weighted by Gasteiger charge is -2.25. The summed E-state index contributed by atoms with van der Waals surface area (Å²) in [5.41, 5.74) is 3.20. The summed E-state index contributed by atoms with van der Waals surface area (Å²) < 4.78 is 25.8. The van der Waals surface area contributed by atoms with Gasteiger partial charge >= 0.3 is 12.2 Å². The van der Waals surface area contributed by atoms with Crippen LogP contribution in [0.4, 0.5) is 9.59 Å². The molecule has 0 radical (unpaired) electrons. The first-order chi connectivity index (χ1) is 21.8. The van der Waals surface area contributed by atoms with Gasteiger partial charge in [0.15, 0.2) is 11.2 Å². The molecule has 0 aliphatic rings. The zero-order valence-electron chi connectivity index (χ0n) is 23.8. The van der Waals surface area contributed by atoms with Crippen LogP contribution in [0.1, 0.15) is 35.1 Å². The van der Waals surface area contributed by atoms with E-state index in [2.05, 4.69) is 9.97 Å². The smallest absolute Gasteiger partial charge is 0.422 e. The van der Waals surface area contributed by atoms with E-state index in [4.69, 9.17) is 41.5 Å². The Morgan fingerprint density at radius 1 is 0.644 bits per heavy atom. The van der Waals surface area contributed by atoms with Gasteiger partial charge in [-0.15, -0.1) is 0 Å². The van der Waals surface area contributed by atoms with Gasteiger partial charge in [0.1, 0.15) is 11.0 Å². The number of hydrogen-bond acceptors (Lipinski definition) is 9. The fourth-order valence-electron chi connectivity index (χ4n) is 4.47. The van der Waals surface area contributed by atoms with Crippen LogP contribution in [-0.4, -0.2) is 44.9 Å². The molecule has 6 aromatic rings. The van der Waals surface area contributed by atoms with Crippen molar-refractivity contribution in [2.45, 2.75) is 12.2 Å². The fraction of sp³-hybridized carbons (Fsp3) is 0.125. The third-order valence-electron chi connectivity index (χ3n) is 6.64. The lowest BCUT2D eigenvalue weighted by molar-refractivity contribution is 0.0868. The predicted molar refractivity (Wildman–Crippen MR) is 171 cm³/mol. The number of amides is 2. The Hall–Kier alpha value is -4.71. The van der Waals surface area contributed by atoms with Gasteiger partial charge in [-0.25, -0.2) is 28.2 Å². The number of halogens is 2. The van der Waals surface area contributed by atoms with E-state index in [0.717, 1.165) is 20.7 Å². The molecule has 2 unspecified atom stereocenters. The topological polar surface area (TPSA) is 111 Å². The molecule has 2 aromatic heterocycles. The van der Waals surface area contributed by atoms with Gasteiger partial charge in [-0.1, -0.05) is 83.9 Å². The fourth-order valence-corrected chi connectivity index (χ4v) is 5.53. The molecule has 0 aliphatic heterocycles. The van der Waals surface area contributed by atoms with E-state index < -0.39 is 24.4 Å². The van der Waals surface area contributed by atoms with Gasteiger partial charge in [-0.3, -0.25) is 0 Å². The summed E-state index contributed by atoms with van der Waals surface area (Å²) in [6, 6.07) is 28.2. The van der Waals surface area contributed by atoms with E-state index in [9.17, 15) is 9.59 Å². The van der Waals surface area contributed by atoms with E-state index in [1.165, 1.54) is 14.1 Å². The van der Waals surface area contributed by atoms with Crippen LogP contribution in [0.3, 0.4) is 0 Å². The second-order valence-corrected chi connectivity index (χ2v) is 11.8. The first kappa shape index (κ1) is 30.3. The molecule has 6 rings (SSSR count). The summed E-state index contributed by atoms with van der Waals surface area (Å²) in [5, 5.41) is 0.719. The van der Waals surface area contributed by atoms with Gasteiger partial charge in [0.25, 0.3) is 0 Å². The number of ether oxygens (including phenoxy) is 2. The molecule has 0 spiro atoms. The molecular weight excluding hydrogens is 639 g/mol. The molecule has 0 saturated heterocycles. The van der Waals surface area contributed by atoms with E-state index in [1.54, 1.807) is 72.8 Å². The van der Waals surface area contributed by atoms with Crippen LogP contribution in [0.2, 0.25) is 10.0 Å². The highest BCUT2D eigenvalue weighted by atomic mass is 35.5. The molecule has 0 aliphatic carbocycles. The lowest BCUT2D eigenvalue weighted by atomic mass is 10.1. The third-order valence-corrected chi connectivity index (χ3v) is 8.12. The highest BCUT2D eigenvalue weighted by molar-refractivity contribution is 7.95. The lowest BCUT2D eigenvalue weighted by Crippen LogP contribution is -2.31. The number of oxazole rings is 2. The molecule has 228 valence electrons. The molecule has 2 heterocycles. The number of benzene rings is 4. The Labute approximate surface area is 271 Å². The summed E-state index contributed by atoms with van der Waals surface area (Å²) in [6.45, 7) is 0. The maximum atomic E-state index is 13.3. The molecule has 0 bridgehead atoms. The number of nitrogens with zero attached hydrogens (tertiary/aromatic N) is 4. The van der Waals surface area contributed by atoms with Crippen LogP contribution < -0.4 is 0 Å². The average Bonchev–Trinajstić information content (AvgIpc) is 3.67. The van der Waals surface area contributed by atoms with Gasteiger partial charge in [0.05, 0.1) is 12.1 Å². The average molecular weight is 664 g/mol. The number of rotatable bonds is 8. The second kappa shape index (κ2) is 13.1. The minimum absolute atomic E-state index is 0.143. The van der Waals surface area contributed by atoms with E-state index in [0.29, 0.717) is 43.4 Å². The van der Waals surface area contributed by atoms with Crippen LogP contribution in [0.15, 0.2) is 106 Å². The molecule has 10 nitrogen and oxygen atoms in total. The monoisotopic (exact) mass is 662 g/mol. The van der Waals surface area contributed by atoms with Crippen LogP contribution in [-0.2, 0) is 9.47 Å². The number of carbonyl (C=O) groups excluding carboxylic acids is 2. The summed E-state index contributed by atoms with van der Waals surface area (Å²) in [7, 11) is 2.89. The minimum Gasteiger partial charge on any atom is -0.436 e. The quantitative estimate of drug-likeness (QED) is 0.147. The van der Waals surface area contributed by atoms with Crippen molar-refractivity contribution in [1.82, 2.24) is 18.6 Å². The number of hydrogen-bond donors (Lipinski definition) is 0. The Balaban J connectivity index is 1.19. The van der Waals surface area contributed by atoms with E-state index in [1.807, 2.05) is 24.3 Å². The van der Waals surface area contributed by atoms with Crippen molar-refractivity contribution in [3.8, 4) is 0 Å². The van der Waals surface area contributed by atoms with Crippen LogP contribution >= 0.6 is 35.3 Å². The maximum absolute atomic E-state index is 13.3. The van der Waals surface area contributed by atoms with Crippen LogP contribution in [0.25, 0.3) is 22.2 Å². The maximum Gasteiger partial charge on any atom is 0.422 e. The molecule has 0 N–H and O–H groups in total. The van der Waals surface area contributed by atoms with Gasteiger partial charge in [-0.2, -0.15) is 0 Å². The van der Waals surface area contributed by atoms with Crippen molar-refractivity contribution in [3.05, 3.63) is 130 Å². The highest BCUT2D eigenvalue weighted by Crippen LogP contribution is 2.36. The van der Waals surface area contributed by atoms with Crippen LogP contribution in [0.5, 0.6) is 0 Å². The number of fused-ring (bicyclic) bond motifs is 2. The van der Waals surface area contributed by atoms with Crippen molar-refractivity contribution in [3.63, 3.8) is 0 Å². The summed E-state index contributed by atoms with van der Waals surface area (Å²) in [4.78, 5) is 35.7. The SMILES string of the molecule is CN(SN(C)C(=O)OC(c1nc2ccccc2o1)c1ccccc1Cl)C(=O)OC(c1nc2ccccc2o1)c1ccccc1Cl. The second-order valence-electron chi connectivity index (χ2n) is 9.69. The number of carbonyl (C=O) groups is 2. The molecule has 13 heteroatoms. The zero-order chi connectivity index (χ0) is 31.5. The molecule has 0 saturated carbocycles. The van der Waals surface area contributed by atoms with Crippen molar-refractivity contribution < 1.29 is 27.9 Å². The standard InChI is InChI=1S/C32H24Cl2N4O6S/c1-37(31(39)43-27(19-11-3-5-13-21(19)33)29-35-23-15-7-9-17-25(23)41-29)45-38(2)32(40)44-28(20-12-4-6-14-22(20)34)30-36-24-16-8-10-18-26(24)42-30/h3-18,27-28H,1-2H3. The number of para-hydroxylation sites is 4. The Morgan fingerprint density at radius 3 is 1.42 bits per heavy atom. The van der Waals surface area contributed by atoms with Crippen molar-refractivity contribution in [2.24, 2.45) is 0 Å². The molecule has 45 heavy (non-hydrogen) atoms. The summed E-state index contributed by atoms with van der Waals surface area (Å²) in [5.74, 6) is 0.287. The summed E-state index contributed by atoms with van der Waals surface area (Å²) >= 11 is 13.7. The largest absolute Gasteiger partial charge is 0.436 e. The van der Waals surface area contributed by atoms with E-state index in [-0.39, 0.29) is 11.8 Å². The molecular formula is C32H24Cl2N4O6S. The third kappa shape index (κ3) is 6.56. The molecule has 2 atom stereocenters. The van der Waals surface area contributed by atoms with Gasteiger partial charge in [-0.05, 0) is 36.4 Å². The Morgan fingerprint density at radius 2 is 1.02 bits per heavy atom. The van der Waals surface area contributed by atoms with E-state index >= 15 is 0 Å². The van der Waals surface area contributed by atoms with Crippen molar-refractivity contribution >= 4 is 69.7 Å². The van der Waals surface area contributed by atoms with Gasteiger partial charge < -0.3 is 18.3 Å². The minimum atomic E-state index is -1.07. The normalized spacial score (nSPS) is 12.5. The molecule has 4 aromatic carbocycles. The predicted octanol–water partition coefficient (Wildman–Crippen LogP) is 8.85. The first-order valence-electron chi connectivity index (χ1n) is 13.5. The molecule has 2 amide bonds. The van der Waals surface area contributed by atoms with Gasteiger partial charge in [0, 0.05) is 35.3 Å². The van der Waals surface area contributed by atoms with Crippen molar-refractivity contribution in [2.75, 3.05) is 14.1 Å². The first-order valence-corrected chi connectivity index (χ1v) is 15.0. The molecule has 0 fully saturated rings. The van der Waals surface area contributed by atoms with Crippen molar-refractivity contribution in [1.29, 1.82) is 0 Å². The number of aromatic nitrogens is 2. The summed E-state index contributed by atoms with van der Waals surface area (Å²) in [6.07, 6.45) is -3.73. The highest BCUT2D eigenvalue weighted by Gasteiger charge is 2.32. The van der Waals surface area contributed by atoms with Crippen LogP contribution in [0, 0.1) is 0 Å². The Kier molecular flexibility index (Phi) is 8.83. The van der Waals surface area contributed by atoms with Gasteiger partial charge in [0.2, 0.25) is 24.0 Å².